The quantitative estimate of drug-likeness (QED) is 0.940. The molecule has 0 radical (unpaired) electrons. The Morgan fingerprint density at radius 2 is 2.11 bits per heavy atom. The molecule has 18 heavy (non-hydrogen) atoms. The van der Waals surface area contributed by atoms with Gasteiger partial charge in [-0.2, -0.15) is 5.10 Å². The van der Waals surface area contributed by atoms with Crippen LogP contribution >= 0.6 is 11.6 Å². The smallest absolute Gasteiger partial charge is 0.265 e. The van der Waals surface area contributed by atoms with Crippen molar-refractivity contribution >= 4 is 27.3 Å². The number of hydrogen-bond donors (Lipinski definition) is 1. The van der Waals surface area contributed by atoms with Gasteiger partial charge in [0, 0.05) is 18.3 Å². The average Bonchev–Trinajstić information content (AvgIpc) is 2.72. The SMILES string of the molecule is Cc1c(Cl)cccc1NS(=O)(=O)c1cnn(C)c1. The van der Waals surface area contributed by atoms with Gasteiger partial charge in [0.2, 0.25) is 0 Å². The molecule has 96 valence electrons. The van der Waals surface area contributed by atoms with Crippen LogP contribution in [0.5, 0.6) is 0 Å². The van der Waals surface area contributed by atoms with Gasteiger partial charge < -0.3 is 0 Å². The summed E-state index contributed by atoms with van der Waals surface area (Å²) in [5, 5.41) is 4.35. The van der Waals surface area contributed by atoms with E-state index in [-0.39, 0.29) is 4.90 Å². The first kappa shape index (κ1) is 12.9. The van der Waals surface area contributed by atoms with Gasteiger partial charge >= 0.3 is 0 Å². The Bertz CT molecular complexity index is 679. The fourth-order valence-electron chi connectivity index (χ4n) is 1.46. The number of nitrogens with zero attached hydrogens (tertiary/aromatic N) is 2. The summed E-state index contributed by atoms with van der Waals surface area (Å²) in [5.74, 6) is 0. The lowest BCUT2D eigenvalue weighted by atomic mass is 10.2. The predicted octanol–water partition coefficient (Wildman–Crippen LogP) is 2.18. The molecule has 1 aromatic carbocycles. The average molecular weight is 286 g/mol. The third-order valence-electron chi connectivity index (χ3n) is 2.50. The van der Waals surface area contributed by atoms with E-state index in [0.29, 0.717) is 16.3 Å². The van der Waals surface area contributed by atoms with Crippen LogP contribution in [0, 0.1) is 6.92 Å². The van der Waals surface area contributed by atoms with E-state index in [1.807, 2.05) is 0 Å². The summed E-state index contributed by atoms with van der Waals surface area (Å²) >= 11 is 5.94. The molecule has 0 aliphatic rings. The van der Waals surface area contributed by atoms with Gasteiger partial charge in [-0.1, -0.05) is 17.7 Å². The number of halogens is 1. The summed E-state index contributed by atoms with van der Waals surface area (Å²) in [6, 6.07) is 5.06. The van der Waals surface area contributed by atoms with Crippen molar-refractivity contribution in [2.45, 2.75) is 11.8 Å². The number of hydrogen-bond acceptors (Lipinski definition) is 3. The lowest BCUT2D eigenvalue weighted by Gasteiger charge is -2.09. The van der Waals surface area contributed by atoms with Gasteiger partial charge in [0.15, 0.2) is 0 Å². The molecule has 0 amide bonds. The molecule has 7 heteroatoms. The molecule has 0 saturated heterocycles. The monoisotopic (exact) mass is 285 g/mol. The summed E-state index contributed by atoms with van der Waals surface area (Å²) in [7, 11) is -1.97. The Hall–Kier alpha value is -1.53. The van der Waals surface area contributed by atoms with Crippen molar-refractivity contribution < 1.29 is 8.42 Å². The van der Waals surface area contributed by atoms with Gasteiger partial charge in [-0.05, 0) is 24.6 Å². The number of aryl methyl sites for hydroxylation is 1. The van der Waals surface area contributed by atoms with Crippen molar-refractivity contribution in [3.05, 3.63) is 41.2 Å². The highest BCUT2D eigenvalue weighted by Crippen LogP contribution is 2.25. The van der Waals surface area contributed by atoms with E-state index >= 15 is 0 Å². The molecule has 0 bridgehead atoms. The van der Waals surface area contributed by atoms with Crippen molar-refractivity contribution in [1.29, 1.82) is 0 Å². The molecular weight excluding hydrogens is 274 g/mol. The molecular formula is C11H12ClN3O2S. The zero-order chi connectivity index (χ0) is 13.3. The van der Waals surface area contributed by atoms with E-state index in [4.69, 9.17) is 11.6 Å². The Kier molecular flexibility index (Phi) is 3.32. The normalized spacial score (nSPS) is 11.5. The minimum absolute atomic E-state index is 0.115. The van der Waals surface area contributed by atoms with Crippen LogP contribution in [0.4, 0.5) is 5.69 Å². The second kappa shape index (κ2) is 4.62. The van der Waals surface area contributed by atoms with Crippen LogP contribution < -0.4 is 4.72 Å². The summed E-state index contributed by atoms with van der Waals surface area (Å²) in [6.07, 6.45) is 2.73. The van der Waals surface area contributed by atoms with Crippen LogP contribution in [0.15, 0.2) is 35.5 Å². The molecule has 0 fully saturated rings. The standard InChI is InChI=1S/C11H12ClN3O2S/c1-8-10(12)4-3-5-11(8)14-18(16,17)9-6-13-15(2)7-9/h3-7,14H,1-2H3. The topological polar surface area (TPSA) is 64.0 Å². The van der Waals surface area contributed by atoms with E-state index in [1.165, 1.54) is 17.1 Å². The van der Waals surface area contributed by atoms with Crippen LogP contribution in [-0.4, -0.2) is 18.2 Å². The van der Waals surface area contributed by atoms with Crippen molar-refractivity contribution in [1.82, 2.24) is 9.78 Å². The molecule has 2 rings (SSSR count). The number of anilines is 1. The maximum atomic E-state index is 12.1. The lowest BCUT2D eigenvalue weighted by molar-refractivity contribution is 0.601. The van der Waals surface area contributed by atoms with E-state index in [9.17, 15) is 8.42 Å². The van der Waals surface area contributed by atoms with Gasteiger partial charge in [0.05, 0.1) is 11.9 Å². The second-order valence-electron chi connectivity index (χ2n) is 3.87. The highest BCUT2D eigenvalue weighted by Gasteiger charge is 2.17. The molecule has 0 saturated carbocycles. The third kappa shape index (κ3) is 2.49. The molecule has 0 unspecified atom stereocenters. The van der Waals surface area contributed by atoms with Gasteiger partial charge in [0.25, 0.3) is 10.0 Å². The summed E-state index contributed by atoms with van der Waals surface area (Å²) in [4.78, 5) is 0.115. The number of benzene rings is 1. The molecule has 1 heterocycles. The Balaban J connectivity index is 2.37. The summed E-state index contributed by atoms with van der Waals surface area (Å²) < 4.78 is 28.1. The minimum Gasteiger partial charge on any atom is -0.279 e. The zero-order valence-electron chi connectivity index (χ0n) is 9.88. The van der Waals surface area contributed by atoms with Gasteiger partial charge in [0.1, 0.15) is 4.90 Å². The van der Waals surface area contributed by atoms with Crippen LogP contribution in [0.3, 0.4) is 0 Å². The van der Waals surface area contributed by atoms with Crippen molar-refractivity contribution in [3.8, 4) is 0 Å². The Morgan fingerprint density at radius 1 is 1.39 bits per heavy atom. The first-order valence-corrected chi connectivity index (χ1v) is 7.03. The molecule has 2 aromatic rings. The Morgan fingerprint density at radius 3 is 2.72 bits per heavy atom. The van der Waals surface area contributed by atoms with Crippen molar-refractivity contribution in [3.63, 3.8) is 0 Å². The fraction of sp³-hybridized carbons (Fsp3) is 0.182. The van der Waals surface area contributed by atoms with Crippen LogP contribution in [0.1, 0.15) is 5.56 Å². The second-order valence-corrected chi connectivity index (χ2v) is 5.96. The molecule has 1 N–H and O–H groups in total. The first-order chi connectivity index (χ1) is 8.40. The lowest BCUT2D eigenvalue weighted by Crippen LogP contribution is -2.13. The van der Waals surface area contributed by atoms with Crippen LogP contribution in [0.25, 0.3) is 0 Å². The Labute approximate surface area is 110 Å². The number of aromatic nitrogens is 2. The minimum atomic E-state index is -3.62. The predicted molar refractivity (Wildman–Crippen MR) is 70.2 cm³/mol. The van der Waals surface area contributed by atoms with Gasteiger partial charge in [-0.3, -0.25) is 9.40 Å². The molecule has 0 spiro atoms. The summed E-state index contributed by atoms with van der Waals surface area (Å²) in [6.45, 7) is 1.75. The highest BCUT2D eigenvalue weighted by molar-refractivity contribution is 7.92. The van der Waals surface area contributed by atoms with Gasteiger partial charge in [-0.15, -0.1) is 0 Å². The fourth-order valence-corrected chi connectivity index (χ4v) is 2.74. The van der Waals surface area contributed by atoms with E-state index in [1.54, 1.807) is 32.2 Å². The largest absolute Gasteiger partial charge is 0.279 e. The van der Waals surface area contributed by atoms with E-state index in [2.05, 4.69) is 9.82 Å². The molecule has 1 aromatic heterocycles. The summed E-state index contributed by atoms with van der Waals surface area (Å²) in [5.41, 5.74) is 1.15. The molecule has 0 aliphatic carbocycles. The molecule has 5 nitrogen and oxygen atoms in total. The van der Waals surface area contributed by atoms with Crippen LogP contribution in [0.2, 0.25) is 5.02 Å². The number of sulfonamides is 1. The zero-order valence-corrected chi connectivity index (χ0v) is 11.5. The van der Waals surface area contributed by atoms with Gasteiger partial charge in [-0.25, -0.2) is 8.42 Å². The third-order valence-corrected chi connectivity index (χ3v) is 4.23. The van der Waals surface area contributed by atoms with Crippen molar-refractivity contribution in [2.75, 3.05) is 4.72 Å². The van der Waals surface area contributed by atoms with Crippen molar-refractivity contribution in [2.24, 2.45) is 7.05 Å². The highest BCUT2D eigenvalue weighted by atomic mass is 35.5. The first-order valence-electron chi connectivity index (χ1n) is 5.17. The molecule has 0 aliphatic heterocycles. The maximum absolute atomic E-state index is 12.1. The number of nitrogens with one attached hydrogen (secondary N) is 1. The molecule has 0 atom stereocenters. The van der Waals surface area contributed by atoms with E-state index in [0.717, 1.165) is 0 Å². The number of rotatable bonds is 3. The van der Waals surface area contributed by atoms with E-state index < -0.39 is 10.0 Å². The van der Waals surface area contributed by atoms with Crippen LogP contribution in [-0.2, 0) is 17.1 Å². The maximum Gasteiger partial charge on any atom is 0.265 e.